The number of carbonyl (C=O) groups excluding carboxylic acids is 1. The highest BCUT2D eigenvalue weighted by atomic mass is 35.5. The number of hydrogen-bond donors (Lipinski definition) is 1. The van der Waals surface area contributed by atoms with Crippen LogP contribution in [0.15, 0.2) is 36.5 Å². The van der Waals surface area contributed by atoms with Crippen molar-refractivity contribution in [3.8, 4) is 5.75 Å². The Morgan fingerprint density at radius 1 is 1.29 bits per heavy atom. The fourth-order valence-corrected chi connectivity index (χ4v) is 4.67. The van der Waals surface area contributed by atoms with E-state index in [1.165, 1.54) is 12.8 Å². The summed E-state index contributed by atoms with van der Waals surface area (Å²) in [7, 11) is 1.57. The van der Waals surface area contributed by atoms with Gasteiger partial charge in [0.15, 0.2) is 5.65 Å². The van der Waals surface area contributed by atoms with E-state index < -0.39 is 0 Å². The van der Waals surface area contributed by atoms with Crippen LogP contribution in [0.3, 0.4) is 0 Å². The number of likely N-dealkylation sites (tertiary alicyclic amines) is 1. The van der Waals surface area contributed by atoms with E-state index in [0.29, 0.717) is 34.8 Å². The molecule has 31 heavy (non-hydrogen) atoms. The maximum atomic E-state index is 12.9. The van der Waals surface area contributed by atoms with Crippen molar-refractivity contribution < 1.29 is 9.53 Å². The Labute approximate surface area is 186 Å². The number of aromatic nitrogens is 3. The minimum atomic E-state index is -0.0954. The molecule has 7 nitrogen and oxygen atoms in total. The second-order valence-corrected chi connectivity index (χ2v) is 8.84. The van der Waals surface area contributed by atoms with Crippen LogP contribution in [-0.2, 0) is 6.54 Å². The van der Waals surface area contributed by atoms with E-state index >= 15 is 0 Å². The monoisotopic (exact) mass is 439 g/mol. The van der Waals surface area contributed by atoms with Gasteiger partial charge in [-0.1, -0.05) is 11.6 Å². The lowest BCUT2D eigenvalue weighted by atomic mass is 9.98. The third kappa shape index (κ3) is 4.19. The van der Waals surface area contributed by atoms with E-state index in [9.17, 15) is 4.79 Å². The van der Waals surface area contributed by atoms with Crippen LogP contribution in [0.4, 0.5) is 10.5 Å². The first-order valence-corrected chi connectivity index (χ1v) is 11.2. The van der Waals surface area contributed by atoms with Crippen molar-refractivity contribution in [2.45, 2.75) is 38.1 Å². The van der Waals surface area contributed by atoms with Gasteiger partial charge >= 0.3 is 6.03 Å². The molecular formula is C23H26ClN5O2. The van der Waals surface area contributed by atoms with Crippen molar-refractivity contribution in [3.63, 3.8) is 0 Å². The summed E-state index contributed by atoms with van der Waals surface area (Å²) in [5.41, 5.74) is 2.59. The third-order valence-corrected chi connectivity index (χ3v) is 6.42. The average molecular weight is 440 g/mol. The molecule has 3 aromatic rings. The van der Waals surface area contributed by atoms with Gasteiger partial charge in [-0.3, -0.25) is 0 Å². The molecule has 2 aliphatic rings. The van der Waals surface area contributed by atoms with Crippen LogP contribution in [0.25, 0.3) is 11.2 Å². The number of pyridine rings is 1. The molecule has 2 amide bonds. The van der Waals surface area contributed by atoms with E-state index in [-0.39, 0.29) is 6.03 Å². The highest BCUT2D eigenvalue weighted by Gasteiger charge is 2.32. The van der Waals surface area contributed by atoms with Crippen LogP contribution in [0.2, 0.25) is 5.02 Å². The van der Waals surface area contributed by atoms with Gasteiger partial charge < -0.3 is 19.5 Å². The molecule has 1 atom stereocenters. The number of methoxy groups -OCH3 is 1. The van der Waals surface area contributed by atoms with Crippen LogP contribution in [0.1, 0.15) is 37.4 Å². The Bertz CT molecular complexity index is 1110. The average Bonchev–Trinajstić information content (AvgIpc) is 3.57. The Hall–Kier alpha value is -2.80. The number of nitrogens with one attached hydrogen (secondary N) is 1. The number of nitrogens with zero attached hydrogens (tertiary/aromatic N) is 4. The normalized spacial score (nSPS) is 18.9. The molecule has 1 unspecified atom stereocenters. The van der Waals surface area contributed by atoms with Gasteiger partial charge in [0.05, 0.1) is 12.1 Å². The highest BCUT2D eigenvalue weighted by molar-refractivity contribution is 6.32. The summed E-state index contributed by atoms with van der Waals surface area (Å²) in [5.74, 6) is 2.67. The van der Waals surface area contributed by atoms with Gasteiger partial charge in [-0.2, -0.15) is 0 Å². The number of halogens is 1. The van der Waals surface area contributed by atoms with E-state index in [1.54, 1.807) is 25.3 Å². The van der Waals surface area contributed by atoms with Crippen molar-refractivity contribution in [2.75, 3.05) is 25.5 Å². The zero-order valence-corrected chi connectivity index (χ0v) is 18.3. The molecule has 1 aromatic carbocycles. The molecule has 1 saturated carbocycles. The van der Waals surface area contributed by atoms with Crippen LogP contribution >= 0.6 is 11.6 Å². The Balaban J connectivity index is 1.29. The summed E-state index contributed by atoms with van der Waals surface area (Å²) in [6.45, 7) is 2.31. The molecule has 2 fully saturated rings. The smallest absolute Gasteiger partial charge is 0.321 e. The number of urea groups is 1. The lowest BCUT2D eigenvalue weighted by Crippen LogP contribution is -2.43. The van der Waals surface area contributed by atoms with E-state index in [2.05, 4.69) is 14.9 Å². The van der Waals surface area contributed by atoms with Crippen LogP contribution in [0.5, 0.6) is 5.75 Å². The van der Waals surface area contributed by atoms with E-state index in [4.69, 9.17) is 21.3 Å². The molecule has 8 heteroatoms. The molecule has 3 heterocycles. The number of amides is 2. The number of piperidine rings is 1. The number of rotatable bonds is 5. The zero-order chi connectivity index (χ0) is 21.4. The molecule has 0 radical (unpaired) electrons. The molecule has 2 aromatic heterocycles. The summed E-state index contributed by atoms with van der Waals surface area (Å²) in [5, 5.41) is 3.44. The second-order valence-electron chi connectivity index (χ2n) is 8.43. The van der Waals surface area contributed by atoms with Crippen molar-refractivity contribution in [1.29, 1.82) is 0 Å². The lowest BCUT2D eigenvalue weighted by molar-refractivity contribution is 0.170. The maximum Gasteiger partial charge on any atom is 0.321 e. The minimum Gasteiger partial charge on any atom is -0.495 e. The van der Waals surface area contributed by atoms with Crippen LogP contribution < -0.4 is 10.1 Å². The molecule has 5 rings (SSSR count). The molecular weight excluding hydrogens is 414 g/mol. The first kappa shape index (κ1) is 20.1. The predicted molar refractivity (Wildman–Crippen MR) is 121 cm³/mol. The van der Waals surface area contributed by atoms with Gasteiger partial charge in [-0.15, -0.1) is 0 Å². The van der Waals surface area contributed by atoms with Crippen LogP contribution in [0, 0.1) is 5.92 Å². The van der Waals surface area contributed by atoms with Gasteiger partial charge in [-0.05, 0) is 61.9 Å². The van der Waals surface area contributed by atoms with Crippen molar-refractivity contribution in [3.05, 3.63) is 47.4 Å². The minimum absolute atomic E-state index is 0.0954. The first-order valence-electron chi connectivity index (χ1n) is 10.8. The number of hydrogen-bond acceptors (Lipinski definition) is 4. The van der Waals surface area contributed by atoms with Gasteiger partial charge in [-0.25, -0.2) is 14.8 Å². The fraction of sp³-hybridized carbons (Fsp3) is 0.435. The number of benzene rings is 1. The number of imidazole rings is 1. The molecule has 1 saturated heterocycles. The van der Waals surface area contributed by atoms with Gasteiger partial charge in [0, 0.05) is 37.4 Å². The Morgan fingerprint density at radius 3 is 2.94 bits per heavy atom. The number of anilines is 1. The fourth-order valence-electron chi connectivity index (χ4n) is 4.41. The molecule has 0 bridgehead atoms. The Morgan fingerprint density at radius 2 is 2.16 bits per heavy atom. The van der Waals surface area contributed by atoms with Gasteiger partial charge in [0.1, 0.15) is 17.1 Å². The summed E-state index contributed by atoms with van der Waals surface area (Å²) >= 11 is 6.19. The van der Waals surface area contributed by atoms with Crippen molar-refractivity contribution in [1.82, 2.24) is 19.4 Å². The van der Waals surface area contributed by atoms with Crippen molar-refractivity contribution >= 4 is 34.5 Å². The lowest BCUT2D eigenvalue weighted by Gasteiger charge is -2.33. The highest BCUT2D eigenvalue weighted by Crippen LogP contribution is 2.41. The maximum absolute atomic E-state index is 12.9. The summed E-state index contributed by atoms with van der Waals surface area (Å²) in [6, 6.07) is 9.15. The number of fused-ring (bicyclic) bond motifs is 1. The van der Waals surface area contributed by atoms with E-state index in [0.717, 1.165) is 42.9 Å². The predicted octanol–water partition coefficient (Wildman–Crippen LogP) is 4.91. The topological polar surface area (TPSA) is 72.3 Å². The van der Waals surface area contributed by atoms with E-state index in [1.807, 2.05) is 23.2 Å². The second kappa shape index (κ2) is 8.38. The quantitative estimate of drug-likeness (QED) is 0.612. The number of carbonyl (C=O) groups is 1. The summed E-state index contributed by atoms with van der Waals surface area (Å²) in [4.78, 5) is 24.2. The largest absolute Gasteiger partial charge is 0.495 e. The third-order valence-electron chi connectivity index (χ3n) is 6.13. The molecule has 162 valence electrons. The number of ether oxygens (including phenoxy) is 1. The van der Waals surface area contributed by atoms with Crippen molar-refractivity contribution in [2.24, 2.45) is 5.92 Å². The first-order chi connectivity index (χ1) is 15.1. The summed E-state index contributed by atoms with van der Waals surface area (Å²) in [6.07, 6.45) is 6.31. The SMILES string of the molecule is COc1ccc(NC(=O)N2CCCC(Cn3c(C4CC4)nc4cccnc43)C2)cc1Cl. The summed E-state index contributed by atoms with van der Waals surface area (Å²) < 4.78 is 7.47. The molecule has 0 spiro atoms. The zero-order valence-electron chi connectivity index (χ0n) is 17.6. The standard InChI is InChI=1S/C23H26ClN5O2/c1-31-20-9-8-17(12-18(20)24)26-23(30)28-11-3-4-15(13-28)14-29-21(16-6-7-16)27-19-5-2-10-25-22(19)29/h2,5,8-10,12,15-16H,3-4,6-7,11,13-14H2,1H3,(H,26,30). The van der Waals surface area contributed by atoms with Crippen LogP contribution in [-0.4, -0.2) is 45.7 Å². The van der Waals surface area contributed by atoms with Gasteiger partial charge in [0.2, 0.25) is 0 Å². The van der Waals surface area contributed by atoms with Gasteiger partial charge in [0.25, 0.3) is 0 Å². The molecule has 1 N–H and O–H groups in total. The molecule has 1 aliphatic carbocycles. The molecule has 1 aliphatic heterocycles. The Kier molecular flexibility index (Phi) is 5.44.